The van der Waals surface area contributed by atoms with Crippen molar-refractivity contribution in [1.29, 1.82) is 0 Å². The summed E-state index contributed by atoms with van der Waals surface area (Å²) in [5.74, 6) is 0.920. The van der Waals surface area contributed by atoms with Crippen LogP contribution in [0.25, 0.3) is 0 Å². The van der Waals surface area contributed by atoms with E-state index in [9.17, 15) is 0 Å². The maximum Gasteiger partial charge on any atom is 0.191 e. The average Bonchev–Trinajstić information content (AvgIpc) is 2.84. The summed E-state index contributed by atoms with van der Waals surface area (Å²) in [6.45, 7) is 5.81. The lowest BCUT2D eigenvalue weighted by molar-refractivity contribution is 0.0513. The van der Waals surface area contributed by atoms with E-state index in [1.54, 1.807) is 0 Å². The van der Waals surface area contributed by atoms with Gasteiger partial charge in [-0.25, -0.2) is 0 Å². The number of piperidine rings is 1. The fourth-order valence-electron chi connectivity index (χ4n) is 4.84. The van der Waals surface area contributed by atoms with Crippen molar-refractivity contribution >= 4 is 29.9 Å². The van der Waals surface area contributed by atoms with Gasteiger partial charge in [-0.15, -0.1) is 24.0 Å². The summed E-state index contributed by atoms with van der Waals surface area (Å²) in [7, 11) is 1.87. The van der Waals surface area contributed by atoms with Crippen LogP contribution in [-0.2, 0) is 16.7 Å². The Bertz CT molecular complexity index is 816. The lowest BCUT2D eigenvalue weighted by atomic mass is 9.74. The molecule has 2 heterocycles. The third-order valence-corrected chi connectivity index (χ3v) is 6.83. The van der Waals surface area contributed by atoms with Crippen molar-refractivity contribution in [1.82, 2.24) is 15.5 Å². The molecule has 0 bridgehead atoms. The fraction of sp³-hybridized carbons (Fsp3) is 0.500. The molecule has 2 saturated heterocycles. The zero-order valence-electron chi connectivity index (χ0n) is 19.1. The van der Waals surface area contributed by atoms with Crippen LogP contribution in [0.15, 0.2) is 65.7 Å². The summed E-state index contributed by atoms with van der Waals surface area (Å²) in [4.78, 5) is 7.08. The molecule has 0 aromatic heterocycles. The van der Waals surface area contributed by atoms with E-state index in [0.29, 0.717) is 6.04 Å². The zero-order valence-corrected chi connectivity index (χ0v) is 21.5. The highest BCUT2D eigenvalue weighted by Gasteiger charge is 2.34. The molecule has 2 aromatic rings. The number of hydrogen-bond acceptors (Lipinski definition) is 3. The quantitative estimate of drug-likeness (QED) is 0.323. The molecule has 4 rings (SSSR count). The van der Waals surface area contributed by atoms with Crippen molar-refractivity contribution in [2.45, 2.75) is 43.7 Å². The predicted molar refractivity (Wildman–Crippen MR) is 143 cm³/mol. The van der Waals surface area contributed by atoms with E-state index in [0.717, 1.165) is 71.0 Å². The molecule has 0 spiro atoms. The molecule has 0 radical (unpaired) electrons. The largest absolute Gasteiger partial charge is 0.381 e. The third kappa shape index (κ3) is 6.68. The monoisotopic (exact) mass is 548 g/mol. The van der Waals surface area contributed by atoms with E-state index in [2.05, 4.69) is 81.2 Å². The van der Waals surface area contributed by atoms with Gasteiger partial charge in [0.2, 0.25) is 0 Å². The summed E-state index contributed by atoms with van der Waals surface area (Å²) in [6, 6.07) is 22.1. The first-order valence-electron chi connectivity index (χ1n) is 11.6. The summed E-state index contributed by atoms with van der Waals surface area (Å²) < 4.78 is 5.68. The van der Waals surface area contributed by atoms with Crippen molar-refractivity contribution in [2.24, 2.45) is 4.99 Å². The highest BCUT2D eigenvalue weighted by Crippen LogP contribution is 2.34. The molecule has 2 N–H and O–H groups in total. The molecule has 0 atom stereocenters. The second-order valence-corrected chi connectivity index (χ2v) is 8.86. The Balaban J connectivity index is 0.00000289. The Kier molecular flexibility index (Phi) is 9.81. The standard InChI is InChI=1S/C26H36N4O.HI/c1-27-25(28-21-26(14-18-31-19-15-26)23-10-6-3-7-11-23)29-24-12-16-30(17-13-24)20-22-8-4-2-5-9-22;/h2-11,24H,12-21H2,1H3,(H2,27,28,29);1H. The number of hydrogen-bond donors (Lipinski definition) is 2. The third-order valence-electron chi connectivity index (χ3n) is 6.83. The van der Waals surface area contributed by atoms with Crippen LogP contribution in [0, 0.1) is 0 Å². The SMILES string of the molecule is CN=C(NCC1(c2ccccc2)CCOCC1)NC1CCN(Cc2ccccc2)CC1.I. The number of ether oxygens (including phenoxy) is 1. The molecule has 2 aliphatic rings. The fourth-order valence-corrected chi connectivity index (χ4v) is 4.84. The minimum absolute atomic E-state index is 0. The lowest BCUT2D eigenvalue weighted by Gasteiger charge is -2.39. The number of likely N-dealkylation sites (tertiary alicyclic amines) is 1. The number of nitrogens with zero attached hydrogens (tertiary/aromatic N) is 2. The lowest BCUT2D eigenvalue weighted by Crippen LogP contribution is -2.52. The number of guanidine groups is 1. The van der Waals surface area contributed by atoms with Crippen LogP contribution >= 0.6 is 24.0 Å². The van der Waals surface area contributed by atoms with Crippen LogP contribution in [0.2, 0.25) is 0 Å². The number of benzene rings is 2. The Labute approximate surface area is 210 Å². The zero-order chi connectivity index (χ0) is 21.4. The van der Waals surface area contributed by atoms with Crippen molar-refractivity contribution < 1.29 is 4.74 Å². The van der Waals surface area contributed by atoms with Crippen molar-refractivity contribution in [3.8, 4) is 0 Å². The first-order valence-corrected chi connectivity index (χ1v) is 11.6. The molecule has 174 valence electrons. The first-order chi connectivity index (χ1) is 15.3. The Hall–Kier alpha value is -1.64. The maximum atomic E-state index is 5.68. The molecular formula is C26H37IN4O. The molecule has 2 fully saturated rings. The van der Waals surface area contributed by atoms with Crippen LogP contribution in [-0.4, -0.2) is 56.8 Å². The van der Waals surface area contributed by atoms with Gasteiger partial charge in [0.1, 0.15) is 0 Å². The highest BCUT2D eigenvalue weighted by atomic mass is 127. The Morgan fingerprint density at radius 1 is 1.00 bits per heavy atom. The van der Waals surface area contributed by atoms with Crippen LogP contribution in [0.5, 0.6) is 0 Å². The minimum Gasteiger partial charge on any atom is -0.381 e. The molecule has 0 aliphatic carbocycles. The van der Waals surface area contributed by atoms with E-state index in [1.807, 2.05) is 7.05 Å². The van der Waals surface area contributed by atoms with E-state index in [-0.39, 0.29) is 29.4 Å². The van der Waals surface area contributed by atoms with Crippen molar-refractivity contribution in [3.63, 3.8) is 0 Å². The molecule has 2 aromatic carbocycles. The number of halogens is 1. The molecule has 6 heteroatoms. The van der Waals surface area contributed by atoms with Crippen LogP contribution < -0.4 is 10.6 Å². The summed E-state index contributed by atoms with van der Waals surface area (Å²) in [5.41, 5.74) is 2.90. The molecule has 5 nitrogen and oxygen atoms in total. The van der Waals surface area contributed by atoms with Crippen molar-refractivity contribution in [2.75, 3.05) is 39.9 Å². The summed E-state index contributed by atoms with van der Waals surface area (Å²) >= 11 is 0. The van der Waals surface area contributed by atoms with Gasteiger partial charge >= 0.3 is 0 Å². The van der Waals surface area contributed by atoms with Gasteiger partial charge in [-0.3, -0.25) is 9.89 Å². The van der Waals surface area contributed by atoms with E-state index in [4.69, 9.17) is 4.74 Å². The maximum absolute atomic E-state index is 5.68. The van der Waals surface area contributed by atoms with Gasteiger partial charge in [-0.05, 0) is 36.8 Å². The van der Waals surface area contributed by atoms with Crippen LogP contribution in [0.1, 0.15) is 36.8 Å². The Morgan fingerprint density at radius 3 is 2.25 bits per heavy atom. The van der Waals surface area contributed by atoms with Gasteiger partial charge in [0, 0.05) is 57.9 Å². The summed E-state index contributed by atoms with van der Waals surface area (Å²) in [5, 5.41) is 7.33. The van der Waals surface area contributed by atoms with Gasteiger partial charge in [-0.2, -0.15) is 0 Å². The Morgan fingerprint density at radius 2 is 1.62 bits per heavy atom. The predicted octanol–water partition coefficient (Wildman–Crippen LogP) is 4.18. The van der Waals surface area contributed by atoms with Crippen LogP contribution in [0.4, 0.5) is 0 Å². The van der Waals surface area contributed by atoms with Crippen LogP contribution in [0.3, 0.4) is 0 Å². The van der Waals surface area contributed by atoms with Gasteiger partial charge < -0.3 is 15.4 Å². The number of nitrogens with one attached hydrogen (secondary N) is 2. The number of rotatable bonds is 6. The second kappa shape index (κ2) is 12.6. The second-order valence-electron chi connectivity index (χ2n) is 8.86. The first kappa shape index (κ1) is 25.0. The molecule has 0 saturated carbocycles. The van der Waals surface area contributed by atoms with Gasteiger partial charge in [0.15, 0.2) is 5.96 Å². The molecular weight excluding hydrogens is 511 g/mol. The van der Waals surface area contributed by atoms with Gasteiger partial charge in [-0.1, -0.05) is 60.7 Å². The molecule has 0 unspecified atom stereocenters. The summed E-state index contributed by atoms with van der Waals surface area (Å²) in [6.07, 6.45) is 4.37. The van der Waals surface area contributed by atoms with Gasteiger partial charge in [0.25, 0.3) is 0 Å². The van der Waals surface area contributed by atoms with Crippen molar-refractivity contribution in [3.05, 3.63) is 71.8 Å². The van der Waals surface area contributed by atoms with E-state index >= 15 is 0 Å². The molecule has 2 aliphatic heterocycles. The minimum atomic E-state index is 0. The topological polar surface area (TPSA) is 48.9 Å². The van der Waals surface area contributed by atoms with E-state index in [1.165, 1.54) is 11.1 Å². The highest BCUT2D eigenvalue weighted by molar-refractivity contribution is 14.0. The normalized spacial score (nSPS) is 19.7. The molecule has 32 heavy (non-hydrogen) atoms. The number of aliphatic imine (C=N–C) groups is 1. The van der Waals surface area contributed by atoms with Gasteiger partial charge in [0.05, 0.1) is 0 Å². The smallest absolute Gasteiger partial charge is 0.191 e. The molecule has 0 amide bonds. The average molecular weight is 549 g/mol. The van der Waals surface area contributed by atoms with E-state index < -0.39 is 0 Å².